The van der Waals surface area contributed by atoms with Crippen molar-refractivity contribution in [1.29, 1.82) is 0 Å². The van der Waals surface area contributed by atoms with Crippen LogP contribution in [0, 0.1) is 0 Å². The zero-order chi connectivity index (χ0) is 11.5. The lowest BCUT2D eigenvalue weighted by Crippen LogP contribution is -2.52. The van der Waals surface area contributed by atoms with E-state index in [0.717, 1.165) is 6.42 Å². The predicted molar refractivity (Wildman–Crippen MR) is 59.0 cm³/mol. The second-order valence-electron chi connectivity index (χ2n) is 3.86. The second kappa shape index (κ2) is 4.38. The highest BCUT2D eigenvalue weighted by atomic mass is 16.2. The van der Waals surface area contributed by atoms with Gasteiger partial charge in [0, 0.05) is 12.7 Å². The SMILES string of the molecule is CCCNC(=O)C1Cn2cccc2C(=O)N1. The molecule has 5 heteroatoms. The Morgan fingerprint density at radius 1 is 1.69 bits per heavy atom. The smallest absolute Gasteiger partial charge is 0.268 e. The van der Waals surface area contributed by atoms with Gasteiger partial charge in [-0.1, -0.05) is 6.92 Å². The Kier molecular flexibility index (Phi) is 2.94. The van der Waals surface area contributed by atoms with Crippen molar-refractivity contribution in [3.8, 4) is 0 Å². The number of nitrogens with zero attached hydrogens (tertiary/aromatic N) is 1. The number of amides is 2. The van der Waals surface area contributed by atoms with Gasteiger partial charge in [0.15, 0.2) is 0 Å². The third-order valence-electron chi connectivity index (χ3n) is 2.61. The van der Waals surface area contributed by atoms with Crippen molar-refractivity contribution < 1.29 is 9.59 Å². The highest BCUT2D eigenvalue weighted by Crippen LogP contribution is 2.09. The molecule has 2 N–H and O–H groups in total. The first-order valence-corrected chi connectivity index (χ1v) is 5.46. The third kappa shape index (κ3) is 1.93. The molecule has 1 atom stereocenters. The zero-order valence-electron chi connectivity index (χ0n) is 9.19. The summed E-state index contributed by atoms with van der Waals surface area (Å²) in [5, 5.41) is 5.47. The van der Waals surface area contributed by atoms with Crippen molar-refractivity contribution in [2.24, 2.45) is 0 Å². The summed E-state index contributed by atoms with van der Waals surface area (Å²) < 4.78 is 1.80. The predicted octanol–water partition coefficient (Wildman–Crippen LogP) is 0.126. The van der Waals surface area contributed by atoms with Gasteiger partial charge in [0.2, 0.25) is 5.91 Å². The Morgan fingerprint density at radius 2 is 2.50 bits per heavy atom. The summed E-state index contributed by atoms with van der Waals surface area (Å²) in [5.41, 5.74) is 0.611. The zero-order valence-corrected chi connectivity index (χ0v) is 9.19. The van der Waals surface area contributed by atoms with E-state index in [0.29, 0.717) is 18.8 Å². The Labute approximate surface area is 93.8 Å². The number of nitrogens with one attached hydrogen (secondary N) is 2. The maximum absolute atomic E-state index is 11.7. The average Bonchev–Trinajstić information content (AvgIpc) is 2.74. The Hall–Kier alpha value is -1.78. The van der Waals surface area contributed by atoms with Gasteiger partial charge in [-0.25, -0.2) is 0 Å². The molecule has 0 aliphatic carbocycles. The minimum Gasteiger partial charge on any atom is -0.354 e. The van der Waals surface area contributed by atoms with Gasteiger partial charge in [0.1, 0.15) is 11.7 Å². The van der Waals surface area contributed by atoms with Gasteiger partial charge < -0.3 is 15.2 Å². The van der Waals surface area contributed by atoms with Crippen LogP contribution in [0.4, 0.5) is 0 Å². The first-order chi connectivity index (χ1) is 7.72. The van der Waals surface area contributed by atoms with Crippen LogP contribution in [-0.4, -0.2) is 29.0 Å². The van der Waals surface area contributed by atoms with E-state index >= 15 is 0 Å². The summed E-state index contributed by atoms with van der Waals surface area (Å²) in [6.45, 7) is 3.14. The molecular formula is C11H15N3O2. The highest BCUT2D eigenvalue weighted by Gasteiger charge is 2.27. The monoisotopic (exact) mass is 221 g/mol. The van der Waals surface area contributed by atoms with Crippen molar-refractivity contribution in [2.75, 3.05) is 6.54 Å². The topological polar surface area (TPSA) is 63.1 Å². The van der Waals surface area contributed by atoms with E-state index in [2.05, 4.69) is 10.6 Å². The van der Waals surface area contributed by atoms with Crippen LogP contribution in [0.3, 0.4) is 0 Å². The normalized spacial score (nSPS) is 18.8. The maximum Gasteiger partial charge on any atom is 0.268 e. The number of carbonyl (C=O) groups is 2. The summed E-state index contributed by atoms with van der Waals surface area (Å²) in [7, 11) is 0. The molecule has 1 aromatic heterocycles. The van der Waals surface area contributed by atoms with Gasteiger partial charge in [-0.3, -0.25) is 9.59 Å². The van der Waals surface area contributed by atoms with E-state index in [1.807, 2.05) is 13.1 Å². The third-order valence-corrected chi connectivity index (χ3v) is 2.61. The molecule has 0 spiro atoms. The largest absolute Gasteiger partial charge is 0.354 e. The van der Waals surface area contributed by atoms with Gasteiger partial charge in [0.25, 0.3) is 5.91 Å². The summed E-state index contributed by atoms with van der Waals surface area (Å²) in [6.07, 6.45) is 2.70. The van der Waals surface area contributed by atoms with Crippen LogP contribution >= 0.6 is 0 Å². The first-order valence-electron chi connectivity index (χ1n) is 5.46. The van der Waals surface area contributed by atoms with Crippen molar-refractivity contribution in [3.05, 3.63) is 24.0 Å². The molecule has 2 amide bonds. The number of rotatable bonds is 3. The average molecular weight is 221 g/mol. The van der Waals surface area contributed by atoms with Gasteiger partial charge in [-0.2, -0.15) is 0 Å². The maximum atomic E-state index is 11.7. The fraction of sp³-hybridized carbons (Fsp3) is 0.455. The van der Waals surface area contributed by atoms with Crippen LogP contribution in [0.5, 0.6) is 0 Å². The van der Waals surface area contributed by atoms with Crippen LogP contribution < -0.4 is 10.6 Å². The summed E-state index contributed by atoms with van der Waals surface area (Å²) in [4.78, 5) is 23.3. The fourth-order valence-corrected chi connectivity index (χ4v) is 1.77. The Balaban J connectivity index is 2.06. The van der Waals surface area contributed by atoms with Crippen LogP contribution in [0.1, 0.15) is 23.8 Å². The number of carbonyl (C=O) groups excluding carboxylic acids is 2. The molecule has 2 heterocycles. The minimum absolute atomic E-state index is 0.116. The second-order valence-corrected chi connectivity index (χ2v) is 3.86. The molecule has 1 aliphatic heterocycles. The Bertz CT molecular complexity index is 411. The molecule has 2 rings (SSSR count). The van der Waals surface area contributed by atoms with E-state index in [1.165, 1.54) is 0 Å². The van der Waals surface area contributed by atoms with E-state index in [1.54, 1.807) is 16.7 Å². The molecule has 1 aromatic rings. The number of hydrogen-bond acceptors (Lipinski definition) is 2. The molecule has 0 saturated carbocycles. The van der Waals surface area contributed by atoms with Crippen LogP contribution in [-0.2, 0) is 11.3 Å². The van der Waals surface area contributed by atoms with Crippen molar-refractivity contribution in [2.45, 2.75) is 25.9 Å². The molecule has 0 aromatic carbocycles. The van der Waals surface area contributed by atoms with Crippen molar-refractivity contribution in [3.63, 3.8) is 0 Å². The summed E-state index contributed by atoms with van der Waals surface area (Å²) in [5.74, 6) is -0.303. The standard InChI is InChI=1S/C11H15N3O2/c1-2-5-12-10(15)8-7-14-6-3-4-9(14)11(16)13-8/h3-4,6,8H,2,5,7H2,1H3,(H,12,15)(H,13,16). The molecule has 0 bridgehead atoms. The molecule has 5 nitrogen and oxygen atoms in total. The lowest BCUT2D eigenvalue weighted by molar-refractivity contribution is -0.123. The molecule has 1 unspecified atom stereocenters. The van der Waals surface area contributed by atoms with E-state index in [4.69, 9.17) is 0 Å². The Morgan fingerprint density at radius 3 is 3.25 bits per heavy atom. The van der Waals surface area contributed by atoms with Crippen molar-refractivity contribution in [1.82, 2.24) is 15.2 Å². The van der Waals surface area contributed by atoms with Crippen LogP contribution in [0.2, 0.25) is 0 Å². The molecule has 86 valence electrons. The minimum atomic E-state index is -0.459. The molecule has 0 fully saturated rings. The number of aromatic nitrogens is 1. The quantitative estimate of drug-likeness (QED) is 0.762. The van der Waals surface area contributed by atoms with Crippen LogP contribution in [0.15, 0.2) is 18.3 Å². The molecule has 0 saturated heterocycles. The number of fused-ring (bicyclic) bond motifs is 1. The highest BCUT2D eigenvalue weighted by molar-refractivity contribution is 5.97. The number of hydrogen-bond donors (Lipinski definition) is 2. The molecule has 16 heavy (non-hydrogen) atoms. The lowest BCUT2D eigenvalue weighted by Gasteiger charge is -2.24. The van der Waals surface area contributed by atoms with E-state index in [9.17, 15) is 9.59 Å². The van der Waals surface area contributed by atoms with Gasteiger partial charge in [-0.05, 0) is 18.6 Å². The van der Waals surface area contributed by atoms with E-state index < -0.39 is 6.04 Å². The van der Waals surface area contributed by atoms with Crippen LogP contribution in [0.25, 0.3) is 0 Å². The van der Waals surface area contributed by atoms with Crippen molar-refractivity contribution >= 4 is 11.8 Å². The fourth-order valence-electron chi connectivity index (χ4n) is 1.77. The van der Waals surface area contributed by atoms with Gasteiger partial charge in [-0.15, -0.1) is 0 Å². The summed E-state index contributed by atoms with van der Waals surface area (Å²) in [6, 6.07) is 3.09. The van der Waals surface area contributed by atoms with Gasteiger partial charge in [0.05, 0.1) is 6.54 Å². The summed E-state index contributed by atoms with van der Waals surface area (Å²) >= 11 is 0. The first kappa shape index (κ1) is 10.7. The van der Waals surface area contributed by atoms with Gasteiger partial charge >= 0.3 is 0 Å². The molecule has 0 radical (unpaired) electrons. The molecular weight excluding hydrogens is 206 g/mol. The molecule has 1 aliphatic rings. The van der Waals surface area contributed by atoms with E-state index in [-0.39, 0.29) is 11.8 Å². The lowest BCUT2D eigenvalue weighted by atomic mass is 10.2.